The molecule has 0 spiro atoms. The number of hydrogen-bond donors (Lipinski definition) is 0. The molecular formula is C21H35F5O4. The van der Waals surface area contributed by atoms with Gasteiger partial charge in [-0.15, -0.1) is 0 Å². The van der Waals surface area contributed by atoms with Crippen molar-refractivity contribution >= 4 is 11.9 Å². The predicted molar refractivity (Wildman–Crippen MR) is 103 cm³/mol. The molecule has 0 aliphatic heterocycles. The Hall–Kier alpha value is -1.41. The molecule has 0 heterocycles. The maximum Gasteiger partial charge on any atom is 0.456 e. The minimum Gasteiger partial charge on any atom is -0.456 e. The van der Waals surface area contributed by atoms with Gasteiger partial charge < -0.3 is 9.47 Å². The fourth-order valence-electron chi connectivity index (χ4n) is 2.86. The number of alkyl halides is 5. The van der Waals surface area contributed by atoms with Crippen molar-refractivity contribution in [3.05, 3.63) is 0 Å². The number of ether oxygens (including phenoxy) is 2. The van der Waals surface area contributed by atoms with Gasteiger partial charge in [-0.1, -0.05) is 48.0 Å². The number of esters is 2. The second-order valence-corrected chi connectivity index (χ2v) is 9.94. The molecule has 0 aromatic carbocycles. The van der Waals surface area contributed by atoms with Crippen molar-refractivity contribution < 1.29 is 41.0 Å². The zero-order valence-electron chi connectivity index (χ0n) is 19.4. The van der Waals surface area contributed by atoms with Gasteiger partial charge in [0.15, 0.2) is 6.61 Å². The molecule has 0 rings (SSSR count). The molecule has 0 saturated carbocycles. The van der Waals surface area contributed by atoms with Gasteiger partial charge in [0, 0.05) is 0 Å². The lowest BCUT2D eigenvalue weighted by Crippen LogP contribution is -2.51. The Balaban J connectivity index is 5.64. The molecule has 0 aromatic rings. The summed E-state index contributed by atoms with van der Waals surface area (Å²) in [5, 5.41) is 0. The molecule has 0 aliphatic carbocycles. The van der Waals surface area contributed by atoms with E-state index in [1.165, 1.54) is 0 Å². The third-order valence-electron chi connectivity index (χ3n) is 6.26. The fourth-order valence-corrected chi connectivity index (χ4v) is 2.86. The van der Waals surface area contributed by atoms with Gasteiger partial charge in [-0.3, -0.25) is 4.79 Å². The van der Waals surface area contributed by atoms with Gasteiger partial charge in [-0.05, 0) is 44.4 Å². The Morgan fingerprint density at radius 1 is 0.767 bits per heavy atom. The van der Waals surface area contributed by atoms with Gasteiger partial charge in [0.2, 0.25) is 5.60 Å². The van der Waals surface area contributed by atoms with E-state index in [1.807, 2.05) is 41.5 Å². The van der Waals surface area contributed by atoms with Crippen LogP contribution in [0, 0.1) is 16.2 Å². The van der Waals surface area contributed by atoms with Crippen LogP contribution in [-0.2, 0) is 19.1 Å². The fraction of sp³-hybridized carbons (Fsp3) is 0.905. The summed E-state index contributed by atoms with van der Waals surface area (Å²) < 4.78 is 72.5. The van der Waals surface area contributed by atoms with E-state index < -0.39 is 47.1 Å². The zero-order chi connectivity index (χ0) is 24.4. The largest absolute Gasteiger partial charge is 0.456 e. The van der Waals surface area contributed by atoms with Crippen LogP contribution >= 0.6 is 0 Å². The summed E-state index contributed by atoms with van der Waals surface area (Å²) in [4.78, 5) is 25.3. The highest BCUT2D eigenvalue weighted by Gasteiger charge is 2.59. The summed E-state index contributed by atoms with van der Waals surface area (Å²) >= 11 is 0. The monoisotopic (exact) mass is 446 g/mol. The normalized spacial score (nSPS) is 16.1. The zero-order valence-corrected chi connectivity index (χ0v) is 19.4. The highest BCUT2D eigenvalue weighted by Crippen LogP contribution is 2.51. The molecule has 1 atom stereocenters. The Bertz CT molecular complexity index is 623. The molecule has 0 amide bonds. The minimum absolute atomic E-state index is 0.236. The summed E-state index contributed by atoms with van der Waals surface area (Å²) in [5.41, 5.74) is -3.87. The maximum absolute atomic E-state index is 13.2. The van der Waals surface area contributed by atoms with E-state index in [-0.39, 0.29) is 5.41 Å². The van der Waals surface area contributed by atoms with Gasteiger partial charge in [0.25, 0.3) is 0 Å². The molecule has 0 saturated heterocycles. The molecule has 0 fully saturated rings. The first-order chi connectivity index (χ1) is 13.1. The van der Waals surface area contributed by atoms with Crippen LogP contribution < -0.4 is 0 Å². The average molecular weight is 446 g/mol. The standard InChI is InChI=1S/C21H35F5O4/c1-10-16(3,4)12-19(9,17(5,6)11-2)15(28)30-18(7,8)14(27)29-13-20(22,23)21(24,25)26/h10-13H2,1-9H3. The van der Waals surface area contributed by atoms with Crippen molar-refractivity contribution in [3.63, 3.8) is 0 Å². The third-order valence-corrected chi connectivity index (χ3v) is 6.26. The van der Waals surface area contributed by atoms with Crippen LogP contribution in [0.3, 0.4) is 0 Å². The number of hydrogen-bond acceptors (Lipinski definition) is 4. The Labute approximate surface area is 175 Å². The van der Waals surface area contributed by atoms with Gasteiger partial charge in [0.1, 0.15) is 0 Å². The molecule has 0 aromatic heterocycles. The molecule has 1 unspecified atom stereocenters. The molecule has 0 bridgehead atoms. The van der Waals surface area contributed by atoms with Crippen LogP contribution in [0.15, 0.2) is 0 Å². The van der Waals surface area contributed by atoms with Gasteiger partial charge in [0.05, 0.1) is 5.41 Å². The van der Waals surface area contributed by atoms with Crippen LogP contribution in [0.4, 0.5) is 22.0 Å². The lowest BCUT2D eigenvalue weighted by Gasteiger charge is -2.46. The molecule has 9 heteroatoms. The molecular weight excluding hydrogens is 411 g/mol. The second kappa shape index (κ2) is 8.99. The van der Waals surface area contributed by atoms with E-state index in [1.54, 1.807) is 6.92 Å². The van der Waals surface area contributed by atoms with Crippen molar-refractivity contribution in [1.82, 2.24) is 0 Å². The van der Waals surface area contributed by atoms with E-state index in [0.29, 0.717) is 12.8 Å². The van der Waals surface area contributed by atoms with Crippen molar-refractivity contribution in [1.29, 1.82) is 0 Å². The first-order valence-corrected chi connectivity index (χ1v) is 9.94. The first kappa shape index (κ1) is 28.6. The average Bonchev–Trinajstić information content (AvgIpc) is 2.57. The summed E-state index contributed by atoms with van der Waals surface area (Å²) in [6.07, 6.45) is -4.05. The number of halogens is 5. The number of rotatable bonds is 10. The Morgan fingerprint density at radius 3 is 1.60 bits per heavy atom. The van der Waals surface area contributed by atoms with E-state index >= 15 is 0 Å². The molecule has 30 heavy (non-hydrogen) atoms. The van der Waals surface area contributed by atoms with Crippen molar-refractivity contribution in [3.8, 4) is 0 Å². The molecule has 0 aliphatic rings. The van der Waals surface area contributed by atoms with E-state index in [0.717, 1.165) is 20.3 Å². The topological polar surface area (TPSA) is 52.6 Å². The van der Waals surface area contributed by atoms with E-state index in [4.69, 9.17) is 4.74 Å². The number of carbonyl (C=O) groups is 2. The molecule has 0 radical (unpaired) electrons. The van der Waals surface area contributed by atoms with Crippen LogP contribution in [0.1, 0.15) is 81.6 Å². The Kier molecular flexibility index (Phi) is 8.56. The van der Waals surface area contributed by atoms with Crippen LogP contribution in [0.25, 0.3) is 0 Å². The highest BCUT2D eigenvalue weighted by atomic mass is 19.4. The van der Waals surface area contributed by atoms with E-state index in [9.17, 15) is 31.5 Å². The molecule has 0 N–H and O–H groups in total. The van der Waals surface area contributed by atoms with Crippen LogP contribution in [-0.4, -0.2) is 36.2 Å². The number of carbonyl (C=O) groups excluding carboxylic acids is 2. The van der Waals surface area contributed by atoms with Crippen molar-refractivity contribution in [2.75, 3.05) is 6.61 Å². The quantitative estimate of drug-likeness (QED) is 0.291. The van der Waals surface area contributed by atoms with Crippen LogP contribution in [0.5, 0.6) is 0 Å². The summed E-state index contributed by atoms with van der Waals surface area (Å²) in [7, 11) is 0. The molecule has 4 nitrogen and oxygen atoms in total. The lowest BCUT2D eigenvalue weighted by atomic mass is 9.58. The first-order valence-electron chi connectivity index (χ1n) is 9.94. The Morgan fingerprint density at radius 2 is 1.23 bits per heavy atom. The summed E-state index contributed by atoms with van der Waals surface area (Å²) in [5.74, 6) is -7.42. The summed E-state index contributed by atoms with van der Waals surface area (Å²) in [6.45, 7) is 13.4. The second-order valence-electron chi connectivity index (χ2n) is 9.94. The summed E-state index contributed by atoms with van der Waals surface area (Å²) in [6, 6.07) is 0. The lowest BCUT2D eigenvalue weighted by molar-refractivity contribution is -0.295. The van der Waals surface area contributed by atoms with Crippen LogP contribution in [0.2, 0.25) is 0 Å². The van der Waals surface area contributed by atoms with Gasteiger partial charge >= 0.3 is 24.0 Å². The molecule has 178 valence electrons. The van der Waals surface area contributed by atoms with Crippen molar-refractivity contribution in [2.45, 2.75) is 99.3 Å². The minimum atomic E-state index is -5.86. The van der Waals surface area contributed by atoms with Gasteiger partial charge in [-0.2, -0.15) is 22.0 Å². The highest BCUT2D eigenvalue weighted by molar-refractivity contribution is 5.85. The van der Waals surface area contributed by atoms with Gasteiger partial charge in [-0.25, -0.2) is 4.79 Å². The third kappa shape index (κ3) is 6.54. The SMILES string of the molecule is CCC(C)(C)CC(C)(C(=O)OC(C)(C)C(=O)OCC(F)(F)C(F)(F)F)C(C)(C)CC. The van der Waals surface area contributed by atoms with Crippen molar-refractivity contribution in [2.24, 2.45) is 16.2 Å². The van der Waals surface area contributed by atoms with E-state index in [2.05, 4.69) is 4.74 Å². The smallest absolute Gasteiger partial charge is 0.456 e. The maximum atomic E-state index is 13.2. The predicted octanol–water partition coefficient (Wildman–Crippen LogP) is 6.32.